The van der Waals surface area contributed by atoms with Crippen molar-refractivity contribution >= 4 is 17.7 Å². The van der Waals surface area contributed by atoms with E-state index in [1.807, 2.05) is 23.1 Å². The first-order valence-electron chi connectivity index (χ1n) is 7.79. The number of benzene rings is 1. The van der Waals surface area contributed by atoms with Gasteiger partial charge in [-0.05, 0) is 36.5 Å². The maximum atomic E-state index is 12.1. The van der Waals surface area contributed by atoms with Gasteiger partial charge >= 0.3 is 18.2 Å². The molecule has 2 aliphatic rings. The van der Waals surface area contributed by atoms with E-state index in [0.29, 0.717) is 12.5 Å². The highest BCUT2D eigenvalue weighted by molar-refractivity contribution is 5.89. The predicted octanol–water partition coefficient (Wildman–Crippen LogP) is 2.45. The molecular formula is C16H20F3N3O3. The number of hydrogen-bond acceptors (Lipinski definition) is 3. The van der Waals surface area contributed by atoms with Crippen LogP contribution in [-0.2, 0) is 11.2 Å². The molecule has 2 unspecified atom stereocenters. The van der Waals surface area contributed by atoms with Gasteiger partial charge in [0, 0.05) is 24.3 Å². The molecule has 2 atom stereocenters. The van der Waals surface area contributed by atoms with E-state index in [-0.39, 0.29) is 11.6 Å². The summed E-state index contributed by atoms with van der Waals surface area (Å²) in [6.07, 6.45) is -3.04. The van der Waals surface area contributed by atoms with Gasteiger partial charge in [0.05, 0.1) is 0 Å². The van der Waals surface area contributed by atoms with Crippen molar-refractivity contribution in [1.82, 2.24) is 4.90 Å². The number of urea groups is 1. The molecule has 1 aromatic rings. The number of piperidine rings is 1. The van der Waals surface area contributed by atoms with Gasteiger partial charge in [0.2, 0.25) is 0 Å². The van der Waals surface area contributed by atoms with Gasteiger partial charge in [0.25, 0.3) is 0 Å². The highest BCUT2D eigenvalue weighted by Gasteiger charge is 2.58. The van der Waals surface area contributed by atoms with E-state index in [4.69, 9.17) is 15.6 Å². The molecule has 1 aromatic carbocycles. The van der Waals surface area contributed by atoms with Crippen LogP contribution in [0.15, 0.2) is 24.3 Å². The van der Waals surface area contributed by atoms with Crippen molar-refractivity contribution in [2.24, 2.45) is 11.7 Å². The molecule has 4 N–H and O–H groups in total. The number of nitrogens with one attached hydrogen (secondary N) is 1. The van der Waals surface area contributed by atoms with E-state index in [1.165, 1.54) is 5.56 Å². The van der Waals surface area contributed by atoms with E-state index in [1.54, 1.807) is 0 Å². The highest BCUT2D eigenvalue weighted by Crippen LogP contribution is 2.47. The monoisotopic (exact) mass is 359 g/mol. The number of anilines is 1. The number of aryl methyl sites for hydroxylation is 1. The number of aliphatic carboxylic acids is 1. The van der Waals surface area contributed by atoms with Gasteiger partial charge in [0.1, 0.15) is 0 Å². The number of carboxylic acids is 1. The van der Waals surface area contributed by atoms with Gasteiger partial charge in [-0.25, -0.2) is 9.59 Å². The van der Waals surface area contributed by atoms with Gasteiger partial charge in [-0.15, -0.1) is 0 Å². The summed E-state index contributed by atoms with van der Waals surface area (Å²) in [6.45, 7) is 3.60. The lowest BCUT2D eigenvalue weighted by atomic mass is 10.1. The lowest BCUT2D eigenvalue weighted by Crippen LogP contribution is -2.39. The number of rotatable bonds is 2. The summed E-state index contributed by atoms with van der Waals surface area (Å²) in [5.41, 5.74) is 8.11. The number of fused-ring (bicyclic) bond motifs is 1. The van der Waals surface area contributed by atoms with Crippen LogP contribution in [0, 0.1) is 5.92 Å². The molecule has 9 heteroatoms. The van der Waals surface area contributed by atoms with Crippen LogP contribution in [0.1, 0.15) is 18.9 Å². The third-order valence-electron chi connectivity index (χ3n) is 4.32. The fourth-order valence-electron chi connectivity index (χ4n) is 2.75. The number of amides is 2. The minimum absolute atomic E-state index is 0.0275. The van der Waals surface area contributed by atoms with E-state index < -0.39 is 12.1 Å². The summed E-state index contributed by atoms with van der Waals surface area (Å²) < 4.78 is 31.7. The number of halogens is 3. The number of alkyl halides is 3. The molecule has 1 aliphatic heterocycles. The second-order valence-electron chi connectivity index (χ2n) is 6.30. The Morgan fingerprint density at radius 3 is 2.56 bits per heavy atom. The largest absolute Gasteiger partial charge is 0.490 e. The number of carbonyl (C=O) groups is 2. The molecule has 6 nitrogen and oxygen atoms in total. The Morgan fingerprint density at radius 1 is 1.44 bits per heavy atom. The van der Waals surface area contributed by atoms with Crippen molar-refractivity contribution < 1.29 is 27.9 Å². The Hall–Kier alpha value is -2.29. The molecule has 0 radical (unpaired) electrons. The Bertz CT molecular complexity index is 666. The highest BCUT2D eigenvalue weighted by atomic mass is 19.4. The van der Waals surface area contributed by atoms with Crippen LogP contribution in [0.5, 0.6) is 0 Å². The van der Waals surface area contributed by atoms with Crippen molar-refractivity contribution in [2.45, 2.75) is 31.5 Å². The summed E-state index contributed by atoms with van der Waals surface area (Å²) in [5.74, 6) is -2.24. The zero-order chi connectivity index (χ0) is 18.8. The molecule has 2 fully saturated rings. The molecule has 1 heterocycles. The first-order chi connectivity index (χ1) is 11.5. The smallest absolute Gasteiger partial charge is 0.475 e. The molecule has 1 saturated heterocycles. The molecule has 1 saturated carbocycles. The maximum absolute atomic E-state index is 12.1. The van der Waals surface area contributed by atoms with Crippen LogP contribution < -0.4 is 11.1 Å². The maximum Gasteiger partial charge on any atom is 0.490 e. The van der Waals surface area contributed by atoms with E-state index >= 15 is 0 Å². The van der Waals surface area contributed by atoms with E-state index in [2.05, 4.69) is 18.3 Å². The van der Waals surface area contributed by atoms with Crippen LogP contribution in [0.4, 0.5) is 23.7 Å². The SMILES string of the molecule is CCc1cccc(NC(=O)N2CC3CC3(N)C2)c1.O=C(O)C(F)(F)F. The molecule has 1 aliphatic carbocycles. The zero-order valence-electron chi connectivity index (χ0n) is 13.6. The van der Waals surface area contributed by atoms with E-state index in [9.17, 15) is 18.0 Å². The number of carboxylic acid groups (broad SMARTS) is 1. The minimum Gasteiger partial charge on any atom is -0.475 e. The Morgan fingerprint density at radius 2 is 2.08 bits per heavy atom. The molecule has 3 rings (SSSR count). The fraction of sp³-hybridized carbons (Fsp3) is 0.500. The Balaban J connectivity index is 0.000000277. The third-order valence-corrected chi connectivity index (χ3v) is 4.32. The number of likely N-dealkylation sites (tertiary alicyclic amines) is 1. The van der Waals surface area contributed by atoms with Crippen LogP contribution in [0.2, 0.25) is 0 Å². The average molecular weight is 359 g/mol. The average Bonchev–Trinajstić information content (AvgIpc) is 3.04. The first kappa shape index (κ1) is 19.0. The minimum atomic E-state index is -5.08. The topological polar surface area (TPSA) is 95.7 Å². The normalized spacial score (nSPS) is 24.0. The lowest BCUT2D eigenvalue weighted by molar-refractivity contribution is -0.192. The zero-order valence-corrected chi connectivity index (χ0v) is 13.6. The number of hydrogen-bond donors (Lipinski definition) is 3. The number of nitrogens with two attached hydrogens (primary N) is 1. The second-order valence-corrected chi connectivity index (χ2v) is 6.30. The van der Waals surface area contributed by atoms with Crippen molar-refractivity contribution in [3.8, 4) is 0 Å². The molecule has 0 aromatic heterocycles. The van der Waals surface area contributed by atoms with Crippen molar-refractivity contribution in [3.05, 3.63) is 29.8 Å². The first-order valence-corrected chi connectivity index (χ1v) is 7.79. The second kappa shape index (κ2) is 6.91. The van der Waals surface area contributed by atoms with Crippen molar-refractivity contribution in [3.63, 3.8) is 0 Å². The summed E-state index contributed by atoms with van der Waals surface area (Å²) in [6, 6.07) is 7.95. The van der Waals surface area contributed by atoms with Crippen molar-refractivity contribution in [1.29, 1.82) is 0 Å². The lowest BCUT2D eigenvalue weighted by Gasteiger charge is -2.20. The van der Waals surface area contributed by atoms with Crippen molar-refractivity contribution in [2.75, 3.05) is 18.4 Å². The molecule has 25 heavy (non-hydrogen) atoms. The molecule has 138 valence electrons. The van der Waals surface area contributed by atoms with Crippen LogP contribution >= 0.6 is 0 Å². The van der Waals surface area contributed by atoms with Gasteiger partial charge in [0.15, 0.2) is 0 Å². The number of carbonyl (C=O) groups excluding carboxylic acids is 1. The number of nitrogens with zero attached hydrogens (tertiary/aromatic N) is 1. The summed E-state index contributed by atoms with van der Waals surface area (Å²) in [7, 11) is 0. The van der Waals surface area contributed by atoms with Gasteiger partial charge in [-0.3, -0.25) is 0 Å². The molecule has 2 amide bonds. The fourth-order valence-corrected chi connectivity index (χ4v) is 2.75. The van der Waals surface area contributed by atoms with E-state index in [0.717, 1.165) is 25.1 Å². The third kappa shape index (κ3) is 4.85. The molecule has 0 bridgehead atoms. The quantitative estimate of drug-likeness (QED) is 0.756. The Kier molecular flexibility index (Phi) is 5.26. The molecule has 0 spiro atoms. The van der Waals surface area contributed by atoms with Crippen LogP contribution in [0.25, 0.3) is 0 Å². The van der Waals surface area contributed by atoms with Crippen LogP contribution in [0.3, 0.4) is 0 Å². The van der Waals surface area contributed by atoms with Gasteiger partial charge in [-0.2, -0.15) is 13.2 Å². The van der Waals surface area contributed by atoms with Gasteiger partial charge < -0.3 is 21.1 Å². The summed E-state index contributed by atoms with van der Waals surface area (Å²) in [5, 5.41) is 10.1. The predicted molar refractivity (Wildman–Crippen MR) is 85.1 cm³/mol. The van der Waals surface area contributed by atoms with Gasteiger partial charge in [-0.1, -0.05) is 19.1 Å². The molecular weight excluding hydrogens is 339 g/mol. The van der Waals surface area contributed by atoms with Crippen LogP contribution in [-0.4, -0.2) is 46.8 Å². The standard InChI is InChI=1S/C14H19N3O.C2HF3O2/c1-2-10-4-3-5-12(6-10)16-13(18)17-8-11-7-14(11,15)9-17;3-2(4,5)1(6)7/h3-6,11H,2,7-9,15H2,1H3,(H,16,18);(H,6,7). The summed E-state index contributed by atoms with van der Waals surface area (Å²) in [4.78, 5) is 22.8. The Labute approximate surface area is 142 Å². The summed E-state index contributed by atoms with van der Waals surface area (Å²) >= 11 is 0.